The maximum atomic E-state index is 13.1. The van der Waals surface area contributed by atoms with Gasteiger partial charge in [-0.15, -0.1) is 0 Å². The number of hydrogen-bond acceptors (Lipinski definition) is 4. The molecular formula is C12H9F4N3O2S. The highest BCUT2D eigenvalue weighted by molar-refractivity contribution is 7.89. The third kappa shape index (κ3) is 3.77. The monoisotopic (exact) mass is 335 g/mol. The molecule has 0 spiro atoms. The van der Waals surface area contributed by atoms with Crippen molar-refractivity contribution in [2.24, 2.45) is 0 Å². The molecule has 0 unspecified atom stereocenters. The summed E-state index contributed by atoms with van der Waals surface area (Å²) >= 11 is 0. The molecule has 0 aliphatic rings. The lowest BCUT2D eigenvalue weighted by atomic mass is 10.1. The van der Waals surface area contributed by atoms with Crippen molar-refractivity contribution in [2.45, 2.75) is 17.1 Å². The molecule has 0 saturated heterocycles. The van der Waals surface area contributed by atoms with E-state index in [1.165, 1.54) is 4.72 Å². The van der Waals surface area contributed by atoms with Crippen LogP contribution in [-0.2, 0) is 10.0 Å². The van der Waals surface area contributed by atoms with Crippen LogP contribution >= 0.6 is 0 Å². The van der Waals surface area contributed by atoms with Gasteiger partial charge in [0.1, 0.15) is 23.1 Å². The molecule has 2 rings (SSSR count). The van der Waals surface area contributed by atoms with Gasteiger partial charge in [0, 0.05) is 0 Å². The van der Waals surface area contributed by atoms with Crippen molar-refractivity contribution < 1.29 is 26.0 Å². The summed E-state index contributed by atoms with van der Waals surface area (Å²) in [4.78, 5) is 6.38. The van der Waals surface area contributed by atoms with E-state index in [-0.39, 0.29) is 0 Å². The molecule has 0 amide bonds. The predicted octanol–water partition coefficient (Wildman–Crippen LogP) is 2.20. The van der Waals surface area contributed by atoms with Gasteiger partial charge in [-0.25, -0.2) is 22.8 Å². The second-order valence-electron chi connectivity index (χ2n) is 4.22. The molecule has 118 valence electrons. The molecule has 1 aromatic carbocycles. The predicted molar refractivity (Wildman–Crippen MR) is 67.5 cm³/mol. The molecular weight excluding hydrogens is 326 g/mol. The number of nitrogens with zero attached hydrogens (tertiary/aromatic N) is 2. The van der Waals surface area contributed by atoms with Gasteiger partial charge < -0.3 is 0 Å². The molecule has 0 bridgehead atoms. The van der Waals surface area contributed by atoms with E-state index >= 15 is 0 Å². The van der Waals surface area contributed by atoms with Crippen LogP contribution < -0.4 is 4.72 Å². The van der Waals surface area contributed by atoms with Crippen molar-refractivity contribution >= 4 is 10.0 Å². The molecule has 1 atom stereocenters. The van der Waals surface area contributed by atoms with Crippen LogP contribution in [0, 0.1) is 5.82 Å². The molecule has 2 aromatic rings. The topological polar surface area (TPSA) is 72.0 Å². The molecule has 1 aromatic heterocycles. The van der Waals surface area contributed by atoms with Crippen molar-refractivity contribution in [3.8, 4) is 0 Å². The maximum Gasteiger partial charge on any atom is 0.408 e. The molecule has 0 aliphatic carbocycles. The van der Waals surface area contributed by atoms with Crippen LogP contribution in [0.5, 0.6) is 0 Å². The van der Waals surface area contributed by atoms with Crippen molar-refractivity contribution in [1.82, 2.24) is 14.7 Å². The van der Waals surface area contributed by atoms with Crippen LogP contribution in [0.1, 0.15) is 11.6 Å². The lowest BCUT2D eigenvalue weighted by molar-refractivity contribution is -0.153. The molecule has 0 aliphatic heterocycles. The molecule has 0 saturated carbocycles. The van der Waals surface area contributed by atoms with Crippen molar-refractivity contribution in [2.75, 3.05) is 0 Å². The maximum absolute atomic E-state index is 13.1. The third-order valence-electron chi connectivity index (χ3n) is 2.65. The summed E-state index contributed by atoms with van der Waals surface area (Å²) in [6.07, 6.45) is -2.12. The summed E-state index contributed by atoms with van der Waals surface area (Å²) in [7, 11) is -4.49. The van der Waals surface area contributed by atoms with E-state index in [1.54, 1.807) is 0 Å². The number of halogens is 4. The minimum Gasteiger partial charge on any atom is -0.243 e. The van der Waals surface area contributed by atoms with Crippen LogP contribution in [0.4, 0.5) is 17.6 Å². The van der Waals surface area contributed by atoms with Crippen molar-refractivity contribution in [3.05, 3.63) is 54.4 Å². The molecule has 1 N–H and O–H groups in total. The summed E-state index contributed by atoms with van der Waals surface area (Å²) in [6, 6.07) is 0.829. The molecule has 0 fully saturated rings. The highest BCUT2D eigenvalue weighted by Crippen LogP contribution is 2.33. The first kappa shape index (κ1) is 16.3. The average molecular weight is 335 g/mol. The Bertz CT molecular complexity index is 733. The molecule has 22 heavy (non-hydrogen) atoms. The second kappa shape index (κ2) is 5.97. The molecule has 5 nitrogen and oxygen atoms in total. The summed E-state index contributed by atoms with van der Waals surface area (Å²) in [5.41, 5.74) is -0.436. The van der Waals surface area contributed by atoms with Crippen LogP contribution in [-0.4, -0.2) is 24.6 Å². The van der Waals surface area contributed by atoms with Gasteiger partial charge in [-0.1, -0.05) is 12.1 Å². The Kier molecular flexibility index (Phi) is 4.42. The van der Waals surface area contributed by atoms with Gasteiger partial charge in [0.05, 0.1) is 12.4 Å². The van der Waals surface area contributed by atoms with Gasteiger partial charge in [-0.3, -0.25) is 0 Å². The number of rotatable bonds is 4. The number of nitrogens with one attached hydrogen (secondary N) is 1. The van der Waals surface area contributed by atoms with Gasteiger partial charge in [0.15, 0.2) is 0 Å². The minimum absolute atomic E-state index is 0.436. The van der Waals surface area contributed by atoms with Gasteiger partial charge in [0.2, 0.25) is 10.0 Å². The Hall–Kier alpha value is -2.07. The largest absolute Gasteiger partial charge is 0.408 e. The standard InChI is InChI=1S/C12H9F4N3O2S/c13-9-3-1-8(2-4-9)11(12(14,15)16)19-22(20,21)10-5-17-7-18-6-10/h1-7,11,19H/t11-/m1/s1. The SMILES string of the molecule is O=S(=O)(N[C@H](c1ccc(F)cc1)C(F)(F)F)c1cncnc1. The molecule has 1 heterocycles. The zero-order chi connectivity index (χ0) is 16.4. The summed E-state index contributed by atoms with van der Waals surface area (Å²) in [5, 5.41) is 0. The van der Waals surface area contributed by atoms with E-state index < -0.39 is 38.5 Å². The quantitative estimate of drug-likeness (QED) is 0.870. The summed E-state index contributed by atoms with van der Waals surface area (Å²) < 4.78 is 77.6. The number of sulfonamides is 1. The van der Waals surface area contributed by atoms with Crippen LogP contribution in [0.15, 0.2) is 47.9 Å². The first-order valence-corrected chi connectivity index (χ1v) is 7.28. The minimum atomic E-state index is -4.90. The smallest absolute Gasteiger partial charge is 0.243 e. The Balaban J connectivity index is 2.38. The first-order chi connectivity index (χ1) is 10.2. The fourth-order valence-electron chi connectivity index (χ4n) is 1.63. The second-order valence-corrected chi connectivity index (χ2v) is 5.94. The van der Waals surface area contributed by atoms with E-state index in [1.807, 2.05) is 0 Å². The number of benzene rings is 1. The zero-order valence-corrected chi connectivity index (χ0v) is 11.6. The Morgan fingerprint density at radius 2 is 1.59 bits per heavy atom. The third-order valence-corrected chi connectivity index (χ3v) is 4.03. The molecule has 10 heteroatoms. The summed E-state index contributed by atoms with van der Waals surface area (Å²) in [6.45, 7) is 0. The average Bonchev–Trinajstić information content (AvgIpc) is 2.46. The van der Waals surface area contributed by atoms with Gasteiger partial charge in [0.25, 0.3) is 0 Å². The van der Waals surface area contributed by atoms with Gasteiger partial charge in [-0.05, 0) is 17.7 Å². The van der Waals surface area contributed by atoms with Crippen molar-refractivity contribution in [3.63, 3.8) is 0 Å². The Morgan fingerprint density at radius 1 is 1.05 bits per heavy atom. The van der Waals surface area contributed by atoms with E-state index in [0.717, 1.165) is 43.0 Å². The normalized spacial score (nSPS) is 13.8. The van der Waals surface area contributed by atoms with E-state index in [4.69, 9.17) is 0 Å². The van der Waals surface area contributed by atoms with Gasteiger partial charge in [-0.2, -0.15) is 17.9 Å². The zero-order valence-electron chi connectivity index (χ0n) is 10.7. The first-order valence-electron chi connectivity index (χ1n) is 5.80. The highest BCUT2D eigenvalue weighted by atomic mass is 32.2. The van der Waals surface area contributed by atoms with Crippen LogP contribution in [0.3, 0.4) is 0 Å². The Labute approximate surface area is 123 Å². The highest BCUT2D eigenvalue weighted by Gasteiger charge is 2.43. The fourth-order valence-corrected chi connectivity index (χ4v) is 2.74. The van der Waals surface area contributed by atoms with Gasteiger partial charge >= 0.3 is 6.18 Å². The van der Waals surface area contributed by atoms with Crippen LogP contribution in [0.2, 0.25) is 0 Å². The number of aromatic nitrogens is 2. The summed E-state index contributed by atoms with van der Waals surface area (Å²) in [5.74, 6) is -0.732. The number of hydrogen-bond donors (Lipinski definition) is 1. The van der Waals surface area contributed by atoms with E-state index in [2.05, 4.69) is 9.97 Å². The fraction of sp³-hybridized carbons (Fsp3) is 0.167. The van der Waals surface area contributed by atoms with E-state index in [0.29, 0.717) is 0 Å². The lowest BCUT2D eigenvalue weighted by Gasteiger charge is -2.21. The lowest BCUT2D eigenvalue weighted by Crippen LogP contribution is -2.38. The van der Waals surface area contributed by atoms with Crippen molar-refractivity contribution in [1.29, 1.82) is 0 Å². The molecule has 0 radical (unpaired) electrons. The number of alkyl halides is 3. The Morgan fingerprint density at radius 3 is 2.09 bits per heavy atom. The van der Waals surface area contributed by atoms with Crippen LogP contribution in [0.25, 0.3) is 0 Å². The van der Waals surface area contributed by atoms with E-state index in [9.17, 15) is 26.0 Å².